The lowest BCUT2D eigenvalue weighted by atomic mass is 10.3. The molecule has 0 saturated carbocycles. The summed E-state index contributed by atoms with van der Waals surface area (Å²) in [6.45, 7) is 19.2. The van der Waals surface area contributed by atoms with Gasteiger partial charge in [0.25, 0.3) is 0 Å². The number of hydrogen-bond donors (Lipinski definition) is 0. The van der Waals surface area contributed by atoms with E-state index in [1.54, 1.807) is 0 Å². The van der Waals surface area contributed by atoms with Gasteiger partial charge in [0.1, 0.15) is 6.35 Å². The van der Waals surface area contributed by atoms with Gasteiger partial charge in [-0.15, -0.1) is 0 Å². The minimum Gasteiger partial charge on any atom is -0.458 e. The fraction of sp³-hybridized carbons (Fsp3) is 0.933. The minimum absolute atomic E-state index is 0.197. The van der Waals surface area contributed by atoms with Crippen LogP contribution in [0.3, 0.4) is 0 Å². The SMILES string of the molecule is CC(=O)OCP(N(C(C)C)C(C)C)N(C(C)C)C(C)C. The fourth-order valence-electron chi connectivity index (χ4n) is 2.66. The largest absolute Gasteiger partial charge is 0.458 e. The monoisotopic (exact) mass is 304 g/mol. The highest BCUT2D eigenvalue weighted by atomic mass is 31.1. The predicted molar refractivity (Wildman–Crippen MR) is 87.8 cm³/mol. The van der Waals surface area contributed by atoms with Gasteiger partial charge in [-0.05, 0) is 55.4 Å². The van der Waals surface area contributed by atoms with Crippen LogP contribution in [-0.2, 0) is 9.53 Å². The van der Waals surface area contributed by atoms with E-state index in [9.17, 15) is 4.79 Å². The molecule has 0 aromatic carbocycles. The van der Waals surface area contributed by atoms with Crippen molar-refractivity contribution in [3.8, 4) is 0 Å². The number of esters is 1. The Morgan fingerprint density at radius 2 is 1.15 bits per heavy atom. The highest BCUT2D eigenvalue weighted by Crippen LogP contribution is 2.49. The van der Waals surface area contributed by atoms with Crippen LogP contribution in [0.4, 0.5) is 0 Å². The highest BCUT2D eigenvalue weighted by Gasteiger charge is 2.33. The van der Waals surface area contributed by atoms with Crippen molar-refractivity contribution in [1.29, 1.82) is 0 Å². The van der Waals surface area contributed by atoms with Crippen LogP contribution in [0.1, 0.15) is 62.3 Å². The third-order valence-corrected chi connectivity index (χ3v) is 6.31. The van der Waals surface area contributed by atoms with Gasteiger partial charge in [0.15, 0.2) is 0 Å². The molecule has 120 valence electrons. The summed E-state index contributed by atoms with van der Waals surface area (Å²) in [6.07, 6.45) is 0.484. The molecule has 0 radical (unpaired) electrons. The molecule has 0 rings (SSSR count). The first-order valence-corrected chi connectivity index (χ1v) is 9.00. The number of ether oxygens (including phenoxy) is 1. The Bertz CT molecular complexity index is 258. The Balaban J connectivity index is 5.36. The second-order valence-corrected chi connectivity index (χ2v) is 8.20. The van der Waals surface area contributed by atoms with E-state index in [0.717, 1.165) is 0 Å². The first-order chi connectivity index (χ1) is 9.09. The first-order valence-electron chi connectivity index (χ1n) is 7.56. The third-order valence-electron chi connectivity index (χ3n) is 3.03. The molecule has 0 N–H and O–H groups in total. The van der Waals surface area contributed by atoms with Crippen molar-refractivity contribution in [2.45, 2.75) is 86.5 Å². The summed E-state index contributed by atoms with van der Waals surface area (Å²) in [6, 6.07) is 1.71. The van der Waals surface area contributed by atoms with Gasteiger partial charge in [0.05, 0.1) is 8.22 Å². The van der Waals surface area contributed by atoms with Gasteiger partial charge >= 0.3 is 5.97 Å². The minimum atomic E-state index is -0.654. The average Bonchev–Trinajstić information content (AvgIpc) is 2.23. The van der Waals surface area contributed by atoms with Crippen molar-refractivity contribution in [2.24, 2.45) is 0 Å². The van der Waals surface area contributed by atoms with Gasteiger partial charge in [-0.3, -0.25) is 14.1 Å². The van der Waals surface area contributed by atoms with Crippen LogP contribution in [-0.4, -0.2) is 45.8 Å². The van der Waals surface area contributed by atoms with E-state index in [2.05, 4.69) is 64.7 Å². The molecule has 0 amide bonds. The maximum atomic E-state index is 11.2. The molecule has 0 bridgehead atoms. The van der Waals surface area contributed by atoms with Crippen LogP contribution < -0.4 is 0 Å². The molecule has 0 unspecified atom stereocenters. The Kier molecular flexibility index (Phi) is 8.88. The van der Waals surface area contributed by atoms with Crippen molar-refractivity contribution in [1.82, 2.24) is 9.34 Å². The molecule has 0 aliphatic heterocycles. The number of rotatable bonds is 8. The second kappa shape index (κ2) is 8.96. The summed E-state index contributed by atoms with van der Waals surface area (Å²) in [5.41, 5.74) is 0. The lowest BCUT2D eigenvalue weighted by Gasteiger charge is -2.46. The van der Waals surface area contributed by atoms with Gasteiger partial charge < -0.3 is 4.74 Å². The number of hydrogen-bond acceptors (Lipinski definition) is 4. The summed E-state index contributed by atoms with van der Waals surface area (Å²) < 4.78 is 10.3. The molecule has 0 fully saturated rings. The standard InChI is InChI=1S/C15H33N2O2P/c1-11(2)16(12(3)4)20(10-19-15(9)18)17(13(5)6)14(7)8/h11-14H,10H2,1-9H3. The van der Waals surface area contributed by atoms with E-state index in [1.165, 1.54) is 6.92 Å². The van der Waals surface area contributed by atoms with E-state index >= 15 is 0 Å². The molecule has 0 heterocycles. The van der Waals surface area contributed by atoms with E-state index in [-0.39, 0.29) is 5.97 Å². The Labute approximate surface area is 126 Å². The van der Waals surface area contributed by atoms with Crippen LogP contribution in [0, 0.1) is 0 Å². The summed E-state index contributed by atoms with van der Waals surface area (Å²) in [5, 5.41) is 0. The quantitative estimate of drug-likeness (QED) is 0.500. The molecule has 0 atom stereocenters. The van der Waals surface area contributed by atoms with Crippen LogP contribution >= 0.6 is 8.22 Å². The van der Waals surface area contributed by atoms with Gasteiger partial charge in [-0.2, -0.15) is 0 Å². The topological polar surface area (TPSA) is 32.8 Å². The fourth-order valence-corrected chi connectivity index (χ4v) is 5.60. The average molecular weight is 304 g/mol. The zero-order valence-corrected chi connectivity index (χ0v) is 15.6. The van der Waals surface area contributed by atoms with E-state index in [0.29, 0.717) is 30.5 Å². The molecule has 4 nitrogen and oxygen atoms in total. The molecule has 0 aromatic rings. The Hall–Kier alpha value is -0.180. The lowest BCUT2D eigenvalue weighted by molar-refractivity contribution is -0.139. The van der Waals surface area contributed by atoms with E-state index in [4.69, 9.17) is 4.74 Å². The van der Waals surface area contributed by atoms with Crippen LogP contribution in [0.25, 0.3) is 0 Å². The van der Waals surface area contributed by atoms with Crippen molar-refractivity contribution in [3.05, 3.63) is 0 Å². The summed E-state index contributed by atoms with van der Waals surface area (Å²) in [7, 11) is -0.654. The van der Waals surface area contributed by atoms with Crippen molar-refractivity contribution in [2.75, 3.05) is 6.35 Å². The first kappa shape index (κ1) is 19.8. The van der Waals surface area contributed by atoms with E-state index < -0.39 is 8.22 Å². The maximum absolute atomic E-state index is 11.2. The summed E-state index contributed by atoms with van der Waals surface area (Å²) in [5.74, 6) is -0.197. The normalized spacial score (nSPS) is 12.8. The highest BCUT2D eigenvalue weighted by molar-refractivity contribution is 7.52. The second-order valence-electron chi connectivity index (χ2n) is 6.27. The van der Waals surface area contributed by atoms with Gasteiger partial charge in [-0.1, -0.05) is 0 Å². The zero-order chi connectivity index (χ0) is 16.0. The third kappa shape index (κ3) is 6.07. The molecule has 5 heteroatoms. The van der Waals surface area contributed by atoms with Crippen LogP contribution in [0.2, 0.25) is 0 Å². The predicted octanol–water partition coefficient (Wildman–Crippen LogP) is 4.06. The molecule has 0 aliphatic rings. The lowest BCUT2D eigenvalue weighted by Crippen LogP contribution is -2.43. The van der Waals surface area contributed by atoms with Crippen molar-refractivity contribution in [3.63, 3.8) is 0 Å². The number of nitrogens with zero attached hydrogens (tertiary/aromatic N) is 2. The molecule has 0 saturated heterocycles. The van der Waals surface area contributed by atoms with Crippen LogP contribution in [0.5, 0.6) is 0 Å². The van der Waals surface area contributed by atoms with Gasteiger partial charge in [0.2, 0.25) is 0 Å². The molecule has 20 heavy (non-hydrogen) atoms. The number of carbonyl (C=O) groups is 1. The van der Waals surface area contributed by atoms with Crippen molar-refractivity contribution < 1.29 is 9.53 Å². The number of carbonyl (C=O) groups excluding carboxylic acids is 1. The zero-order valence-electron chi connectivity index (χ0n) is 14.7. The Morgan fingerprint density at radius 1 is 0.850 bits per heavy atom. The Morgan fingerprint density at radius 3 is 1.35 bits per heavy atom. The van der Waals surface area contributed by atoms with E-state index in [1.807, 2.05) is 0 Å². The van der Waals surface area contributed by atoms with Crippen molar-refractivity contribution >= 4 is 14.2 Å². The molecule has 0 spiro atoms. The molecule has 0 aromatic heterocycles. The smallest absolute Gasteiger partial charge is 0.303 e. The maximum Gasteiger partial charge on any atom is 0.303 e. The summed E-state index contributed by atoms with van der Waals surface area (Å²) in [4.78, 5) is 11.2. The molecular weight excluding hydrogens is 271 g/mol. The van der Waals surface area contributed by atoms with Gasteiger partial charge in [0, 0.05) is 31.1 Å². The van der Waals surface area contributed by atoms with Crippen LogP contribution in [0.15, 0.2) is 0 Å². The van der Waals surface area contributed by atoms with Gasteiger partial charge in [-0.25, -0.2) is 0 Å². The molecule has 0 aliphatic carbocycles. The molecular formula is C15H33N2O2P. The summed E-state index contributed by atoms with van der Waals surface area (Å²) >= 11 is 0.